The fraction of sp³-hybridized carbons (Fsp3) is 0.353. The molecule has 134 valence electrons. The molecule has 25 heavy (non-hydrogen) atoms. The van der Waals surface area contributed by atoms with Crippen LogP contribution in [0.1, 0.15) is 46.3 Å². The summed E-state index contributed by atoms with van der Waals surface area (Å²) in [6.45, 7) is 6.27. The fourth-order valence-electron chi connectivity index (χ4n) is 2.31. The summed E-state index contributed by atoms with van der Waals surface area (Å²) in [5, 5.41) is 2.43. The van der Waals surface area contributed by atoms with Crippen LogP contribution in [0.3, 0.4) is 0 Å². The number of aryl methyl sites for hydroxylation is 1. The number of halogens is 2. The molecule has 0 saturated carbocycles. The lowest BCUT2D eigenvalue weighted by atomic mass is 10.2. The summed E-state index contributed by atoms with van der Waals surface area (Å²) in [4.78, 5) is 30.0. The van der Waals surface area contributed by atoms with Crippen molar-refractivity contribution in [3.63, 3.8) is 0 Å². The van der Waals surface area contributed by atoms with Crippen molar-refractivity contribution in [2.45, 2.75) is 27.3 Å². The molecule has 0 aliphatic rings. The van der Waals surface area contributed by atoms with Crippen molar-refractivity contribution >= 4 is 11.8 Å². The maximum Gasteiger partial charge on any atom is 0.276 e. The monoisotopic (exact) mass is 351 g/mol. The third-order valence-electron chi connectivity index (χ3n) is 3.67. The number of aromatic nitrogens is 1. The molecular weight excluding hydrogens is 332 g/mol. The van der Waals surface area contributed by atoms with E-state index in [9.17, 15) is 18.4 Å². The molecule has 2 rings (SSSR count). The number of hydrogen-bond donors (Lipinski definition) is 1. The summed E-state index contributed by atoms with van der Waals surface area (Å²) in [5.74, 6) is -2.24. The molecule has 0 unspecified atom stereocenters. The smallest absolute Gasteiger partial charge is 0.276 e. The number of nitrogens with zero attached hydrogens (tertiary/aromatic N) is 2. The number of carbonyl (C=O) groups excluding carboxylic acids is 2. The van der Waals surface area contributed by atoms with Crippen molar-refractivity contribution in [3.8, 4) is 0 Å². The first-order valence-electron chi connectivity index (χ1n) is 7.86. The quantitative estimate of drug-likeness (QED) is 0.868. The third-order valence-corrected chi connectivity index (χ3v) is 3.67. The van der Waals surface area contributed by atoms with Gasteiger partial charge in [-0.3, -0.25) is 9.59 Å². The Bertz CT molecular complexity index is 785. The van der Waals surface area contributed by atoms with Crippen molar-refractivity contribution in [1.29, 1.82) is 0 Å². The minimum absolute atomic E-state index is 0.123. The van der Waals surface area contributed by atoms with Gasteiger partial charge in [-0.05, 0) is 32.9 Å². The molecule has 0 aliphatic carbocycles. The topological polar surface area (TPSA) is 75.4 Å². The largest absolute Gasteiger partial charge is 0.443 e. The van der Waals surface area contributed by atoms with Gasteiger partial charge in [0.1, 0.15) is 17.4 Å². The standard InChI is InChI=1S/C17H19F2N3O3/c1-4-22(5-2)17(24)15-10(3)25-14(21-15)9-20-16(23)12-7-6-11(18)8-13(12)19/h6-8H,4-5,9H2,1-3H3,(H,20,23). The Balaban J connectivity index is 2.08. The Morgan fingerprint density at radius 3 is 2.52 bits per heavy atom. The van der Waals surface area contributed by atoms with Gasteiger partial charge >= 0.3 is 0 Å². The molecule has 0 saturated heterocycles. The molecule has 6 nitrogen and oxygen atoms in total. The highest BCUT2D eigenvalue weighted by atomic mass is 19.1. The van der Waals surface area contributed by atoms with Crippen molar-refractivity contribution in [2.24, 2.45) is 0 Å². The van der Waals surface area contributed by atoms with E-state index in [0.29, 0.717) is 24.9 Å². The van der Waals surface area contributed by atoms with Crippen molar-refractivity contribution in [1.82, 2.24) is 15.2 Å². The van der Waals surface area contributed by atoms with Crippen LogP contribution >= 0.6 is 0 Å². The molecule has 2 aromatic rings. The van der Waals surface area contributed by atoms with Crippen LogP contribution in [-0.2, 0) is 6.54 Å². The SMILES string of the molecule is CCN(CC)C(=O)c1nc(CNC(=O)c2ccc(F)cc2F)oc1C. The van der Waals surface area contributed by atoms with E-state index in [1.54, 1.807) is 11.8 Å². The third kappa shape index (κ3) is 4.20. The number of nitrogens with one attached hydrogen (secondary N) is 1. The lowest BCUT2D eigenvalue weighted by Gasteiger charge is -2.16. The van der Waals surface area contributed by atoms with Gasteiger partial charge in [-0.25, -0.2) is 13.8 Å². The summed E-state index contributed by atoms with van der Waals surface area (Å²) in [6.07, 6.45) is 0. The Kier molecular flexibility index (Phi) is 5.84. The van der Waals surface area contributed by atoms with Crippen LogP contribution in [0.25, 0.3) is 0 Å². The highest BCUT2D eigenvalue weighted by molar-refractivity contribution is 5.94. The lowest BCUT2D eigenvalue weighted by Crippen LogP contribution is -2.31. The van der Waals surface area contributed by atoms with Gasteiger partial charge in [0.15, 0.2) is 5.69 Å². The predicted octanol–water partition coefficient (Wildman–Crippen LogP) is 2.67. The minimum atomic E-state index is -0.960. The number of amides is 2. The Hall–Kier alpha value is -2.77. The van der Waals surface area contributed by atoms with E-state index >= 15 is 0 Å². The molecule has 1 aromatic carbocycles. The number of carbonyl (C=O) groups is 2. The summed E-state index contributed by atoms with van der Waals surface area (Å²) in [6, 6.07) is 2.68. The predicted molar refractivity (Wildman–Crippen MR) is 86.0 cm³/mol. The lowest BCUT2D eigenvalue weighted by molar-refractivity contribution is 0.0766. The van der Waals surface area contributed by atoms with E-state index in [0.717, 1.165) is 12.1 Å². The van der Waals surface area contributed by atoms with Gasteiger partial charge in [0.2, 0.25) is 5.89 Å². The molecule has 0 bridgehead atoms. The maximum atomic E-state index is 13.6. The molecule has 0 aliphatic heterocycles. The molecule has 2 amide bonds. The number of oxazole rings is 1. The van der Waals surface area contributed by atoms with Crippen LogP contribution in [-0.4, -0.2) is 34.8 Å². The van der Waals surface area contributed by atoms with Crippen LogP contribution in [0.2, 0.25) is 0 Å². The van der Waals surface area contributed by atoms with E-state index in [-0.39, 0.29) is 29.6 Å². The summed E-state index contributed by atoms with van der Waals surface area (Å²) in [7, 11) is 0. The van der Waals surface area contributed by atoms with E-state index in [1.807, 2.05) is 13.8 Å². The average molecular weight is 351 g/mol. The zero-order valence-corrected chi connectivity index (χ0v) is 14.2. The Morgan fingerprint density at radius 1 is 1.24 bits per heavy atom. The maximum absolute atomic E-state index is 13.6. The van der Waals surface area contributed by atoms with E-state index in [4.69, 9.17) is 4.42 Å². The van der Waals surface area contributed by atoms with Gasteiger partial charge in [-0.15, -0.1) is 0 Å². The van der Waals surface area contributed by atoms with Crippen molar-refractivity contribution < 1.29 is 22.8 Å². The van der Waals surface area contributed by atoms with Crippen LogP contribution in [0.15, 0.2) is 22.6 Å². The van der Waals surface area contributed by atoms with E-state index in [1.165, 1.54) is 0 Å². The zero-order chi connectivity index (χ0) is 18.6. The number of rotatable bonds is 6. The Labute approximate surface area is 143 Å². The van der Waals surface area contributed by atoms with Crippen LogP contribution in [0.5, 0.6) is 0 Å². The average Bonchev–Trinajstić information content (AvgIpc) is 2.94. The van der Waals surface area contributed by atoms with Gasteiger partial charge in [-0.2, -0.15) is 0 Å². The highest BCUT2D eigenvalue weighted by Gasteiger charge is 2.21. The second kappa shape index (κ2) is 7.87. The molecule has 0 radical (unpaired) electrons. The van der Waals surface area contributed by atoms with Crippen LogP contribution in [0, 0.1) is 18.6 Å². The first kappa shape index (κ1) is 18.6. The second-order valence-electron chi connectivity index (χ2n) is 5.30. The highest BCUT2D eigenvalue weighted by Crippen LogP contribution is 2.14. The van der Waals surface area contributed by atoms with Gasteiger partial charge in [0.25, 0.3) is 11.8 Å². The molecule has 8 heteroatoms. The first-order chi connectivity index (χ1) is 11.9. The van der Waals surface area contributed by atoms with Crippen LogP contribution < -0.4 is 5.32 Å². The molecule has 0 fully saturated rings. The normalized spacial score (nSPS) is 10.6. The number of hydrogen-bond acceptors (Lipinski definition) is 4. The fourth-order valence-corrected chi connectivity index (χ4v) is 2.31. The molecule has 1 heterocycles. The van der Waals surface area contributed by atoms with Crippen molar-refractivity contribution in [2.75, 3.05) is 13.1 Å². The molecule has 0 spiro atoms. The van der Waals surface area contributed by atoms with E-state index < -0.39 is 17.5 Å². The number of benzene rings is 1. The minimum Gasteiger partial charge on any atom is -0.443 e. The molecule has 0 atom stereocenters. The molecular formula is C17H19F2N3O3. The first-order valence-corrected chi connectivity index (χ1v) is 7.86. The zero-order valence-electron chi connectivity index (χ0n) is 14.2. The summed E-state index contributed by atoms with van der Waals surface area (Å²) >= 11 is 0. The Morgan fingerprint density at radius 2 is 1.92 bits per heavy atom. The molecule has 1 aromatic heterocycles. The van der Waals surface area contributed by atoms with Gasteiger partial charge in [-0.1, -0.05) is 0 Å². The van der Waals surface area contributed by atoms with Gasteiger partial charge in [0, 0.05) is 19.2 Å². The summed E-state index contributed by atoms with van der Waals surface area (Å²) < 4.78 is 31.8. The van der Waals surface area contributed by atoms with Crippen LogP contribution in [0.4, 0.5) is 8.78 Å². The van der Waals surface area contributed by atoms with Crippen molar-refractivity contribution in [3.05, 3.63) is 52.7 Å². The van der Waals surface area contributed by atoms with E-state index in [2.05, 4.69) is 10.3 Å². The van der Waals surface area contributed by atoms with Gasteiger partial charge in [0.05, 0.1) is 12.1 Å². The summed E-state index contributed by atoms with van der Waals surface area (Å²) in [5.41, 5.74) is -0.106. The van der Waals surface area contributed by atoms with Gasteiger partial charge < -0.3 is 14.6 Å². The second-order valence-corrected chi connectivity index (χ2v) is 5.30. The molecule has 1 N–H and O–H groups in total.